The van der Waals surface area contributed by atoms with Gasteiger partial charge in [-0.15, -0.1) is 0 Å². The maximum Gasteiger partial charge on any atom is 0.145 e. The second-order valence-electron chi connectivity index (χ2n) is 6.10. The quantitative estimate of drug-likeness (QED) is 0.476. The van der Waals surface area contributed by atoms with E-state index in [0.29, 0.717) is 0 Å². The summed E-state index contributed by atoms with van der Waals surface area (Å²) >= 11 is 0. The van der Waals surface area contributed by atoms with E-state index >= 15 is 0 Å². The van der Waals surface area contributed by atoms with E-state index in [1.807, 2.05) is 25.2 Å². The molecule has 0 aliphatic carbocycles. The van der Waals surface area contributed by atoms with Crippen LogP contribution in [-0.4, -0.2) is 9.55 Å². The summed E-state index contributed by atoms with van der Waals surface area (Å²) in [6.07, 6.45) is 10.7. The second-order valence-corrected chi connectivity index (χ2v) is 6.10. The third kappa shape index (κ3) is 3.31. The fraction of sp³-hybridized carbons (Fsp3) is 0.125. The van der Waals surface area contributed by atoms with Crippen molar-refractivity contribution in [3.05, 3.63) is 96.9 Å². The Labute approximate surface area is 155 Å². The monoisotopic (exact) mass is 340 g/mol. The minimum atomic E-state index is 0.910. The number of aromatic nitrogens is 2. The Morgan fingerprint density at radius 3 is 2.69 bits per heavy atom. The number of benzene rings is 2. The van der Waals surface area contributed by atoms with Gasteiger partial charge in [0.15, 0.2) is 0 Å². The Bertz CT molecular complexity index is 1020. The molecule has 2 heteroatoms. The maximum atomic E-state index is 4.96. The lowest BCUT2D eigenvalue weighted by Gasteiger charge is -2.11. The van der Waals surface area contributed by atoms with E-state index in [4.69, 9.17) is 4.98 Å². The van der Waals surface area contributed by atoms with Crippen molar-refractivity contribution in [1.29, 1.82) is 0 Å². The van der Waals surface area contributed by atoms with E-state index in [1.54, 1.807) is 6.08 Å². The first-order valence-electron chi connectivity index (χ1n) is 8.91. The normalized spacial score (nSPS) is 12.0. The molecule has 0 bridgehead atoms. The third-order valence-electron chi connectivity index (χ3n) is 4.39. The number of hydrogen-bond acceptors (Lipinski definition) is 1. The van der Waals surface area contributed by atoms with Gasteiger partial charge in [-0.3, -0.25) is 4.57 Å². The van der Waals surface area contributed by atoms with Crippen molar-refractivity contribution < 1.29 is 0 Å². The Kier molecular flexibility index (Phi) is 5.33. The van der Waals surface area contributed by atoms with Crippen LogP contribution in [0.25, 0.3) is 28.4 Å². The molecule has 0 N–H and O–H groups in total. The topological polar surface area (TPSA) is 17.8 Å². The largest absolute Gasteiger partial charge is 0.292 e. The van der Waals surface area contributed by atoms with E-state index < -0.39 is 0 Å². The van der Waals surface area contributed by atoms with Crippen molar-refractivity contribution in [2.75, 3.05) is 0 Å². The van der Waals surface area contributed by atoms with Crippen LogP contribution in [0.2, 0.25) is 0 Å². The highest BCUT2D eigenvalue weighted by Crippen LogP contribution is 2.28. The summed E-state index contributed by atoms with van der Waals surface area (Å²) in [7, 11) is 0. The van der Waals surface area contributed by atoms with E-state index in [1.165, 1.54) is 5.56 Å². The second kappa shape index (κ2) is 7.83. The van der Waals surface area contributed by atoms with E-state index in [2.05, 4.69) is 73.2 Å². The van der Waals surface area contributed by atoms with Crippen molar-refractivity contribution in [2.24, 2.45) is 0 Å². The molecule has 0 saturated heterocycles. The Morgan fingerprint density at radius 2 is 2.00 bits per heavy atom. The summed E-state index contributed by atoms with van der Waals surface area (Å²) < 4.78 is 2.21. The summed E-state index contributed by atoms with van der Waals surface area (Å²) in [6.45, 7) is 11.9. The molecule has 26 heavy (non-hydrogen) atoms. The van der Waals surface area contributed by atoms with Gasteiger partial charge in [-0.1, -0.05) is 68.7 Å². The van der Waals surface area contributed by atoms with Crippen LogP contribution in [0.1, 0.15) is 30.8 Å². The predicted molar refractivity (Wildman–Crippen MR) is 114 cm³/mol. The van der Waals surface area contributed by atoms with Crippen molar-refractivity contribution in [2.45, 2.75) is 20.3 Å². The number of imidazole rings is 1. The molecular formula is C24H24N2. The number of nitrogens with zero attached hydrogens (tertiary/aromatic N) is 2. The van der Waals surface area contributed by atoms with Gasteiger partial charge in [0.05, 0.1) is 11.0 Å². The van der Waals surface area contributed by atoms with Gasteiger partial charge in [0.25, 0.3) is 0 Å². The molecule has 1 aromatic heterocycles. The van der Waals surface area contributed by atoms with E-state index in [9.17, 15) is 0 Å². The number of fused-ring (bicyclic) bond motifs is 1. The van der Waals surface area contributed by atoms with Crippen LogP contribution in [0.15, 0.2) is 79.9 Å². The van der Waals surface area contributed by atoms with Crippen molar-refractivity contribution in [1.82, 2.24) is 9.55 Å². The molecule has 2 aromatic carbocycles. The molecule has 0 fully saturated rings. The molecule has 0 radical (unpaired) electrons. The van der Waals surface area contributed by atoms with Gasteiger partial charge in [-0.25, -0.2) is 4.98 Å². The van der Waals surface area contributed by atoms with E-state index in [-0.39, 0.29) is 0 Å². The molecule has 1 heterocycles. The average molecular weight is 340 g/mol. The lowest BCUT2D eigenvalue weighted by molar-refractivity contribution is 1.06. The zero-order valence-electron chi connectivity index (χ0n) is 15.4. The molecule has 0 amide bonds. The first kappa shape index (κ1) is 17.7. The number of hydrogen-bond donors (Lipinski definition) is 0. The van der Waals surface area contributed by atoms with Crippen LogP contribution >= 0.6 is 0 Å². The lowest BCUT2D eigenvalue weighted by atomic mass is 10.1. The standard InChI is InChI=1S/C24H24N2/c1-5-10-20(11-6-2)24-25-22-17-19(8-4)14-15-23(22)26(24)21-13-9-12-18(7-3)16-21/h5-7,9-17H,1,3,8H2,2,4H3/b11-6-,20-10+. The third-order valence-corrected chi connectivity index (χ3v) is 4.39. The summed E-state index contributed by atoms with van der Waals surface area (Å²) in [5, 5.41) is 0. The molecule has 2 nitrogen and oxygen atoms in total. The number of allylic oxidation sites excluding steroid dienone is 5. The molecule has 0 aliphatic rings. The molecule has 0 unspecified atom stereocenters. The Balaban J connectivity index is 2.36. The molecule has 0 spiro atoms. The van der Waals surface area contributed by atoms with Gasteiger partial charge in [0.1, 0.15) is 5.82 Å². The summed E-state index contributed by atoms with van der Waals surface area (Å²) in [6, 6.07) is 14.8. The van der Waals surface area contributed by atoms with Crippen molar-refractivity contribution >= 4 is 22.7 Å². The van der Waals surface area contributed by atoms with Crippen LogP contribution in [-0.2, 0) is 6.42 Å². The maximum absolute atomic E-state index is 4.96. The zero-order valence-corrected chi connectivity index (χ0v) is 15.4. The number of rotatable bonds is 6. The van der Waals surface area contributed by atoms with E-state index in [0.717, 1.165) is 40.1 Å². The Hall–Kier alpha value is -3.13. The van der Waals surface area contributed by atoms with Gasteiger partial charge in [0, 0.05) is 11.3 Å². The van der Waals surface area contributed by atoms with Crippen molar-refractivity contribution in [3.8, 4) is 5.69 Å². The zero-order chi connectivity index (χ0) is 18.5. The predicted octanol–water partition coefficient (Wildman–Crippen LogP) is 6.38. The molecule has 0 aliphatic heterocycles. The smallest absolute Gasteiger partial charge is 0.145 e. The average Bonchev–Trinajstić information content (AvgIpc) is 3.06. The van der Waals surface area contributed by atoms with Crippen LogP contribution in [0.3, 0.4) is 0 Å². The van der Waals surface area contributed by atoms with Gasteiger partial charge in [-0.05, 0) is 48.7 Å². The van der Waals surface area contributed by atoms with Gasteiger partial charge < -0.3 is 0 Å². The number of aryl methyl sites for hydroxylation is 1. The molecule has 3 aromatic rings. The first-order chi connectivity index (χ1) is 12.7. The fourth-order valence-corrected chi connectivity index (χ4v) is 3.10. The van der Waals surface area contributed by atoms with Crippen molar-refractivity contribution in [3.63, 3.8) is 0 Å². The molecule has 0 atom stereocenters. The SMILES string of the molecule is C=C/C=C(\C=C/C)c1nc2cc(CC)ccc2n1-c1cccc(C=C)c1. The van der Waals surface area contributed by atoms with Crippen LogP contribution in [0, 0.1) is 0 Å². The van der Waals surface area contributed by atoms with Crippen LogP contribution in [0.4, 0.5) is 0 Å². The lowest BCUT2D eigenvalue weighted by Crippen LogP contribution is -2.00. The summed E-state index contributed by atoms with van der Waals surface area (Å²) in [4.78, 5) is 4.96. The van der Waals surface area contributed by atoms with Gasteiger partial charge in [-0.2, -0.15) is 0 Å². The minimum absolute atomic E-state index is 0.910. The highest BCUT2D eigenvalue weighted by molar-refractivity contribution is 5.85. The molecule has 3 rings (SSSR count). The fourth-order valence-electron chi connectivity index (χ4n) is 3.10. The minimum Gasteiger partial charge on any atom is -0.292 e. The van der Waals surface area contributed by atoms with Gasteiger partial charge >= 0.3 is 0 Å². The van der Waals surface area contributed by atoms with Gasteiger partial charge in [0.2, 0.25) is 0 Å². The summed E-state index contributed by atoms with van der Waals surface area (Å²) in [5.41, 5.74) is 6.57. The molecule has 130 valence electrons. The van der Waals surface area contributed by atoms with Crippen LogP contribution < -0.4 is 0 Å². The van der Waals surface area contributed by atoms with Crippen LogP contribution in [0.5, 0.6) is 0 Å². The molecular weight excluding hydrogens is 316 g/mol. The Morgan fingerprint density at radius 1 is 1.15 bits per heavy atom. The summed E-state index contributed by atoms with van der Waals surface area (Å²) in [5.74, 6) is 0.910. The molecule has 0 saturated carbocycles. The highest BCUT2D eigenvalue weighted by atomic mass is 15.1. The first-order valence-corrected chi connectivity index (χ1v) is 8.91. The highest BCUT2D eigenvalue weighted by Gasteiger charge is 2.15.